The third kappa shape index (κ3) is 5.43. The van der Waals surface area contributed by atoms with Gasteiger partial charge in [0.15, 0.2) is 9.84 Å². The molecule has 0 bridgehead atoms. The number of carbonyl (C=O) groups excluding carboxylic acids is 2. The van der Waals surface area contributed by atoms with E-state index in [1.54, 1.807) is 29.2 Å². The first-order valence-corrected chi connectivity index (χ1v) is 11.4. The van der Waals surface area contributed by atoms with Crippen LogP contribution in [0.25, 0.3) is 0 Å². The van der Waals surface area contributed by atoms with E-state index in [0.717, 1.165) is 19.5 Å². The van der Waals surface area contributed by atoms with Gasteiger partial charge in [0, 0.05) is 30.0 Å². The van der Waals surface area contributed by atoms with Crippen LogP contribution < -0.4 is 10.2 Å². The first kappa shape index (κ1) is 20.1. The van der Waals surface area contributed by atoms with E-state index < -0.39 is 9.84 Å². The van der Waals surface area contributed by atoms with E-state index >= 15 is 0 Å². The highest BCUT2D eigenvalue weighted by molar-refractivity contribution is 7.91. The van der Waals surface area contributed by atoms with Gasteiger partial charge in [-0.05, 0) is 24.3 Å². The largest absolute Gasteiger partial charge is 0.352 e. The van der Waals surface area contributed by atoms with Crippen molar-refractivity contribution in [3.63, 3.8) is 0 Å². The molecule has 0 radical (unpaired) electrons. The summed E-state index contributed by atoms with van der Waals surface area (Å²) in [5, 5.41) is 3.32. The number of amides is 2. The molecule has 1 atom stereocenters. The molecule has 2 heterocycles. The monoisotopic (exact) mass is 414 g/mol. The van der Waals surface area contributed by atoms with E-state index in [2.05, 4.69) is 5.32 Å². The van der Waals surface area contributed by atoms with Crippen molar-refractivity contribution in [2.24, 2.45) is 0 Å². The quantitative estimate of drug-likeness (QED) is 0.671. The van der Waals surface area contributed by atoms with E-state index in [-0.39, 0.29) is 42.3 Å². The highest BCUT2D eigenvalue weighted by Crippen LogP contribution is 2.10. The smallest absolute Gasteiger partial charge is 0.251 e. The first-order chi connectivity index (χ1) is 12.8. The van der Waals surface area contributed by atoms with Crippen LogP contribution in [0.5, 0.6) is 0 Å². The lowest BCUT2D eigenvalue weighted by atomic mass is 10.2. The van der Waals surface area contributed by atoms with Crippen LogP contribution in [0.15, 0.2) is 24.3 Å². The summed E-state index contributed by atoms with van der Waals surface area (Å²) in [5.41, 5.74) is 0.510. The zero-order valence-electron chi connectivity index (χ0n) is 15.1. The van der Waals surface area contributed by atoms with Gasteiger partial charge in [0.05, 0.1) is 31.9 Å². The number of benzene rings is 1. The standard InChI is InChI=1S/C18H24ClN3O4S/c19-15-3-1-14(2-4-15)18(24)20-7-5-17(23)22-10-8-21(9-11-22)16-6-12-27(25,26)13-16/h1-4,16H,5-13H2,(H,20,24)/p+1/t16-/m1/s1. The maximum absolute atomic E-state index is 12.3. The zero-order valence-corrected chi connectivity index (χ0v) is 16.7. The van der Waals surface area contributed by atoms with Gasteiger partial charge in [-0.1, -0.05) is 11.6 Å². The molecular formula is C18H25ClN3O4S+. The molecule has 27 heavy (non-hydrogen) atoms. The van der Waals surface area contributed by atoms with Crippen molar-refractivity contribution in [1.82, 2.24) is 10.2 Å². The normalized spacial score (nSPS) is 22.6. The van der Waals surface area contributed by atoms with Gasteiger partial charge in [0.2, 0.25) is 5.91 Å². The number of hydrogen-bond acceptors (Lipinski definition) is 4. The van der Waals surface area contributed by atoms with Crippen LogP contribution in [0.1, 0.15) is 23.2 Å². The number of quaternary nitrogens is 1. The van der Waals surface area contributed by atoms with E-state index in [1.807, 2.05) is 0 Å². The van der Waals surface area contributed by atoms with Crippen LogP contribution in [0.4, 0.5) is 0 Å². The molecule has 0 saturated carbocycles. The summed E-state index contributed by atoms with van der Waals surface area (Å²) < 4.78 is 23.3. The molecule has 1 aromatic rings. The van der Waals surface area contributed by atoms with Gasteiger partial charge >= 0.3 is 0 Å². The Morgan fingerprint density at radius 3 is 2.44 bits per heavy atom. The number of nitrogens with zero attached hydrogens (tertiary/aromatic N) is 1. The second-order valence-electron chi connectivity index (χ2n) is 7.15. The Balaban J connectivity index is 1.38. The average Bonchev–Trinajstić information content (AvgIpc) is 3.02. The molecule has 0 spiro atoms. The third-order valence-corrected chi connectivity index (χ3v) is 7.32. The van der Waals surface area contributed by atoms with Gasteiger partial charge < -0.3 is 15.1 Å². The van der Waals surface area contributed by atoms with Crippen molar-refractivity contribution < 1.29 is 22.9 Å². The Hall–Kier alpha value is -1.64. The molecule has 3 rings (SSSR count). The molecule has 7 nitrogen and oxygen atoms in total. The number of carbonyl (C=O) groups is 2. The lowest BCUT2D eigenvalue weighted by Crippen LogP contribution is -3.18. The maximum Gasteiger partial charge on any atom is 0.251 e. The summed E-state index contributed by atoms with van der Waals surface area (Å²) in [4.78, 5) is 27.5. The van der Waals surface area contributed by atoms with Crippen molar-refractivity contribution in [3.05, 3.63) is 34.9 Å². The van der Waals surface area contributed by atoms with E-state index in [1.165, 1.54) is 4.90 Å². The highest BCUT2D eigenvalue weighted by atomic mass is 35.5. The summed E-state index contributed by atoms with van der Waals surface area (Å²) in [5.74, 6) is 0.352. The Morgan fingerprint density at radius 2 is 1.85 bits per heavy atom. The minimum Gasteiger partial charge on any atom is -0.352 e. The van der Waals surface area contributed by atoms with E-state index in [9.17, 15) is 18.0 Å². The van der Waals surface area contributed by atoms with Crippen molar-refractivity contribution in [2.75, 3.05) is 44.2 Å². The second-order valence-corrected chi connectivity index (χ2v) is 9.82. The average molecular weight is 415 g/mol. The van der Waals surface area contributed by atoms with Gasteiger partial charge in [-0.15, -0.1) is 0 Å². The van der Waals surface area contributed by atoms with Gasteiger partial charge in [0.25, 0.3) is 5.91 Å². The Labute approximate surface area is 164 Å². The number of halogens is 1. The fourth-order valence-electron chi connectivity index (χ4n) is 3.71. The molecule has 2 fully saturated rings. The molecule has 0 unspecified atom stereocenters. The molecule has 148 valence electrons. The summed E-state index contributed by atoms with van der Waals surface area (Å²) in [7, 11) is -2.87. The lowest BCUT2D eigenvalue weighted by molar-refractivity contribution is -0.925. The maximum atomic E-state index is 12.3. The van der Waals surface area contributed by atoms with Crippen molar-refractivity contribution >= 4 is 33.3 Å². The highest BCUT2D eigenvalue weighted by Gasteiger charge is 2.37. The predicted molar refractivity (Wildman–Crippen MR) is 103 cm³/mol. The minimum atomic E-state index is -2.87. The van der Waals surface area contributed by atoms with Crippen LogP contribution in [0, 0.1) is 0 Å². The van der Waals surface area contributed by atoms with Crippen molar-refractivity contribution in [1.29, 1.82) is 0 Å². The number of sulfone groups is 1. The van der Waals surface area contributed by atoms with Crippen LogP contribution in [0.2, 0.25) is 5.02 Å². The molecule has 2 aliphatic heterocycles. The molecule has 1 aromatic carbocycles. The van der Waals surface area contributed by atoms with Gasteiger partial charge in [-0.3, -0.25) is 9.59 Å². The van der Waals surface area contributed by atoms with Crippen LogP contribution >= 0.6 is 11.6 Å². The second kappa shape index (κ2) is 8.58. The molecule has 0 aromatic heterocycles. The number of piperazine rings is 1. The molecule has 2 saturated heterocycles. The van der Waals surface area contributed by atoms with Gasteiger partial charge in [-0.25, -0.2) is 8.42 Å². The third-order valence-electron chi connectivity index (χ3n) is 5.30. The molecule has 0 aliphatic carbocycles. The molecule has 2 N–H and O–H groups in total. The predicted octanol–water partition coefficient (Wildman–Crippen LogP) is -0.626. The molecular weight excluding hydrogens is 390 g/mol. The van der Waals surface area contributed by atoms with Gasteiger partial charge in [-0.2, -0.15) is 0 Å². The number of hydrogen-bond donors (Lipinski definition) is 2. The fraction of sp³-hybridized carbons (Fsp3) is 0.556. The van der Waals surface area contributed by atoms with Crippen molar-refractivity contribution in [3.8, 4) is 0 Å². The summed E-state index contributed by atoms with van der Waals surface area (Å²) >= 11 is 5.80. The Kier molecular flexibility index (Phi) is 6.39. The van der Waals surface area contributed by atoms with Crippen LogP contribution in [-0.4, -0.2) is 75.4 Å². The van der Waals surface area contributed by atoms with Crippen LogP contribution in [-0.2, 0) is 14.6 Å². The summed E-state index contributed by atoms with van der Waals surface area (Å²) in [6.07, 6.45) is 0.981. The topological polar surface area (TPSA) is 88.0 Å². The summed E-state index contributed by atoms with van der Waals surface area (Å²) in [6, 6.07) is 6.76. The molecule has 2 aliphatic rings. The van der Waals surface area contributed by atoms with E-state index in [4.69, 9.17) is 11.6 Å². The summed E-state index contributed by atoms with van der Waals surface area (Å²) in [6.45, 7) is 3.12. The molecule has 9 heteroatoms. The van der Waals surface area contributed by atoms with Crippen molar-refractivity contribution in [2.45, 2.75) is 18.9 Å². The number of nitrogens with one attached hydrogen (secondary N) is 2. The minimum absolute atomic E-state index is 0.0181. The first-order valence-electron chi connectivity index (χ1n) is 9.20. The lowest BCUT2D eigenvalue weighted by Gasteiger charge is -2.35. The van der Waals surface area contributed by atoms with Gasteiger partial charge in [0.1, 0.15) is 11.8 Å². The fourth-order valence-corrected chi connectivity index (χ4v) is 5.66. The number of rotatable bonds is 5. The van der Waals surface area contributed by atoms with Crippen LogP contribution in [0.3, 0.4) is 0 Å². The Bertz CT molecular complexity index is 789. The molecule has 2 amide bonds. The SMILES string of the molecule is O=C(NCCC(=O)N1CC[NH+]([C@@H]2CCS(=O)(=O)C2)CC1)c1ccc(Cl)cc1. The Morgan fingerprint density at radius 1 is 1.19 bits per heavy atom. The zero-order chi connectivity index (χ0) is 19.4. The van der Waals surface area contributed by atoms with E-state index in [0.29, 0.717) is 23.7 Å².